The van der Waals surface area contributed by atoms with Crippen molar-refractivity contribution in [1.82, 2.24) is 15.1 Å². The SMILES string of the molecule is CCOc1cccc(-c2noc(-c3cncc(N)c3)n2)c1. The molecule has 2 heterocycles. The number of nitrogen functional groups attached to an aromatic ring is 1. The van der Waals surface area contributed by atoms with E-state index >= 15 is 0 Å². The van der Waals surface area contributed by atoms with Crippen LogP contribution in [0.15, 0.2) is 47.2 Å². The normalized spacial score (nSPS) is 10.5. The maximum absolute atomic E-state index is 5.70. The van der Waals surface area contributed by atoms with Gasteiger partial charge < -0.3 is 15.0 Å². The average Bonchev–Trinajstić information content (AvgIpc) is 2.98. The van der Waals surface area contributed by atoms with Gasteiger partial charge in [0.2, 0.25) is 5.82 Å². The van der Waals surface area contributed by atoms with E-state index in [9.17, 15) is 0 Å². The third-order valence-corrected chi connectivity index (χ3v) is 2.84. The number of hydrogen-bond acceptors (Lipinski definition) is 6. The van der Waals surface area contributed by atoms with Crippen LogP contribution in [0.3, 0.4) is 0 Å². The zero-order valence-corrected chi connectivity index (χ0v) is 11.5. The number of nitrogens with two attached hydrogens (primary N) is 1. The molecule has 0 aliphatic carbocycles. The van der Waals surface area contributed by atoms with E-state index in [1.807, 2.05) is 31.2 Å². The van der Waals surface area contributed by atoms with Gasteiger partial charge in [0.05, 0.1) is 17.9 Å². The first kappa shape index (κ1) is 13.1. The van der Waals surface area contributed by atoms with E-state index in [0.29, 0.717) is 29.6 Å². The van der Waals surface area contributed by atoms with Gasteiger partial charge in [0.1, 0.15) is 5.75 Å². The lowest BCUT2D eigenvalue weighted by Crippen LogP contribution is -1.91. The predicted molar refractivity (Wildman–Crippen MR) is 78.5 cm³/mol. The summed E-state index contributed by atoms with van der Waals surface area (Å²) in [6, 6.07) is 9.28. The highest BCUT2D eigenvalue weighted by atomic mass is 16.5. The summed E-state index contributed by atoms with van der Waals surface area (Å²) in [5.41, 5.74) is 7.76. The molecule has 0 bridgehead atoms. The first-order chi connectivity index (χ1) is 10.3. The van der Waals surface area contributed by atoms with E-state index in [1.54, 1.807) is 18.5 Å². The summed E-state index contributed by atoms with van der Waals surface area (Å²) in [6.07, 6.45) is 3.19. The van der Waals surface area contributed by atoms with Crippen molar-refractivity contribution >= 4 is 5.69 Å². The van der Waals surface area contributed by atoms with Crippen molar-refractivity contribution in [2.45, 2.75) is 6.92 Å². The molecule has 0 unspecified atom stereocenters. The fourth-order valence-corrected chi connectivity index (χ4v) is 1.92. The fraction of sp³-hybridized carbons (Fsp3) is 0.133. The van der Waals surface area contributed by atoms with Crippen LogP contribution in [0.4, 0.5) is 5.69 Å². The molecule has 0 aliphatic heterocycles. The second kappa shape index (κ2) is 5.62. The lowest BCUT2D eigenvalue weighted by Gasteiger charge is -2.02. The minimum atomic E-state index is 0.381. The highest BCUT2D eigenvalue weighted by Crippen LogP contribution is 2.25. The molecule has 3 rings (SSSR count). The van der Waals surface area contributed by atoms with Crippen LogP contribution in [0.5, 0.6) is 5.75 Å². The minimum absolute atomic E-state index is 0.381. The first-order valence-electron chi connectivity index (χ1n) is 6.54. The van der Waals surface area contributed by atoms with Crippen LogP contribution in [0, 0.1) is 0 Å². The van der Waals surface area contributed by atoms with Gasteiger partial charge in [0.15, 0.2) is 0 Å². The Hall–Kier alpha value is -2.89. The lowest BCUT2D eigenvalue weighted by molar-refractivity contribution is 0.340. The quantitative estimate of drug-likeness (QED) is 0.791. The van der Waals surface area contributed by atoms with Crippen LogP contribution < -0.4 is 10.5 Å². The monoisotopic (exact) mass is 282 g/mol. The highest BCUT2D eigenvalue weighted by molar-refractivity contribution is 5.62. The summed E-state index contributed by atoms with van der Waals surface area (Å²) in [5.74, 6) is 1.65. The van der Waals surface area contributed by atoms with Gasteiger partial charge in [0.25, 0.3) is 5.89 Å². The van der Waals surface area contributed by atoms with Gasteiger partial charge in [-0.3, -0.25) is 4.98 Å². The summed E-state index contributed by atoms with van der Waals surface area (Å²) in [4.78, 5) is 8.37. The van der Waals surface area contributed by atoms with Crippen molar-refractivity contribution in [3.8, 4) is 28.6 Å². The van der Waals surface area contributed by atoms with Crippen molar-refractivity contribution in [3.63, 3.8) is 0 Å². The summed E-state index contributed by atoms with van der Waals surface area (Å²) in [5, 5.41) is 3.98. The molecule has 6 nitrogen and oxygen atoms in total. The van der Waals surface area contributed by atoms with E-state index in [2.05, 4.69) is 15.1 Å². The lowest BCUT2D eigenvalue weighted by atomic mass is 10.2. The molecule has 1 aromatic carbocycles. The number of anilines is 1. The number of benzene rings is 1. The van der Waals surface area contributed by atoms with Crippen molar-refractivity contribution < 1.29 is 9.26 Å². The Morgan fingerprint density at radius 1 is 1.19 bits per heavy atom. The predicted octanol–water partition coefficient (Wildman–Crippen LogP) is 2.78. The molecule has 21 heavy (non-hydrogen) atoms. The second-order valence-electron chi connectivity index (χ2n) is 4.39. The highest BCUT2D eigenvalue weighted by Gasteiger charge is 2.11. The van der Waals surface area contributed by atoms with Crippen molar-refractivity contribution in [3.05, 3.63) is 42.7 Å². The average molecular weight is 282 g/mol. The Morgan fingerprint density at radius 3 is 2.90 bits per heavy atom. The smallest absolute Gasteiger partial charge is 0.259 e. The maximum atomic E-state index is 5.70. The first-order valence-corrected chi connectivity index (χ1v) is 6.54. The topological polar surface area (TPSA) is 87.1 Å². The van der Waals surface area contributed by atoms with Crippen molar-refractivity contribution in [2.24, 2.45) is 0 Å². The molecule has 0 spiro atoms. The van der Waals surface area contributed by atoms with Gasteiger partial charge in [-0.05, 0) is 25.1 Å². The molecule has 0 saturated carbocycles. The van der Waals surface area contributed by atoms with Crippen LogP contribution in [-0.4, -0.2) is 21.7 Å². The molecule has 2 N–H and O–H groups in total. The van der Waals surface area contributed by atoms with Gasteiger partial charge in [-0.25, -0.2) is 0 Å². The zero-order chi connectivity index (χ0) is 14.7. The molecule has 0 fully saturated rings. The Labute approximate surface area is 121 Å². The number of hydrogen-bond donors (Lipinski definition) is 1. The van der Waals surface area contributed by atoms with Crippen molar-refractivity contribution in [1.29, 1.82) is 0 Å². The van der Waals surface area contributed by atoms with Crippen molar-refractivity contribution in [2.75, 3.05) is 12.3 Å². The molecule has 0 saturated heterocycles. The minimum Gasteiger partial charge on any atom is -0.494 e. The van der Waals surface area contributed by atoms with E-state index in [0.717, 1.165) is 11.3 Å². The van der Waals surface area contributed by atoms with E-state index in [1.165, 1.54) is 0 Å². The van der Waals surface area contributed by atoms with Gasteiger partial charge >= 0.3 is 0 Å². The summed E-state index contributed by atoms with van der Waals surface area (Å²) >= 11 is 0. The van der Waals surface area contributed by atoms with E-state index in [4.69, 9.17) is 15.0 Å². The number of aromatic nitrogens is 3. The molecular formula is C15H14N4O2. The van der Waals surface area contributed by atoms with Gasteiger partial charge in [-0.15, -0.1) is 0 Å². The van der Waals surface area contributed by atoms with Crippen LogP contribution in [-0.2, 0) is 0 Å². The molecule has 3 aromatic rings. The van der Waals surface area contributed by atoms with Crippen LogP contribution in [0.1, 0.15) is 6.92 Å². The number of rotatable bonds is 4. The Balaban J connectivity index is 1.93. The van der Waals surface area contributed by atoms with Gasteiger partial charge in [-0.2, -0.15) is 4.98 Å². The summed E-state index contributed by atoms with van der Waals surface area (Å²) < 4.78 is 10.7. The zero-order valence-electron chi connectivity index (χ0n) is 11.5. The van der Waals surface area contributed by atoms with E-state index in [-0.39, 0.29) is 0 Å². The van der Waals surface area contributed by atoms with Gasteiger partial charge in [-0.1, -0.05) is 17.3 Å². The van der Waals surface area contributed by atoms with E-state index < -0.39 is 0 Å². The fourth-order valence-electron chi connectivity index (χ4n) is 1.92. The molecule has 2 aromatic heterocycles. The summed E-state index contributed by atoms with van der Waals surface area (Å²) in [6.45, 7) is 2.54. The Kier molecular flexibility index (Phi) is 3.51. The molecule has 0 amide bonds. The standard InChI is InChI=1S/C15H14N4O2/c1-2-20-13-5-3-4-10(7-13)14-18-15(21-19-14)11-6-12(16)9-17-8-11/h3-9H,2,16H2,1H3. The third kappa shape index (κ3) is 2.84. The number of ether oxygens (including phenoxy) is 1. The third-order valence-electron chi connectivity index (χ3n) is 2.84. The molecule has 0 aliphatic rings. The van der Waals surface area contributed by atoms with Crippen LogP contribution >= 0.6 is 0 Å². The molecule has 106 valence electrons. The molecular weight excluding hydrogens is 268 g/mol. The van der Waals surface area contributed by atoms with Gasteiger partial charge in [0, 0.05) is 18.0 Å². The van der Waals surface area contributed by atoms with Crippen LogP contribution in [0.25, 0.3) is 22.8 Å². The second-order valence-corrected chi connectivity index (χ2v) is 4.39. The summed E-state index contributed by atoms with van der Waals surface area (Å²) in [7, 11) is 0. The molecule has 6 heteroatoms. The maximum Gasteiger partial charge on any atom is 0.259 e. The Bertz CT molecular complexity index is 755. The van der Waals surface area contributed by atoms with Crippen LogP contribution in [0.2, 0.25) is 0 Å². The largest absolute Gasteiger partial charge is 0.494 e. The number of nitrogens with zero attached hydrogens (tertiary/aromatic N) is 3. The molecule has 0 radical (unpaired) electrons. The number of pyridine rings is 1. The molecule has 0 atom stereocenters. The Morgan fingerprint density at radius 2 is 2.10 bits per heavy atom.